The molecule has 4 rings (SSSR count). The van der Waals surface area contributed by atoms with E-state index in [1.807, 2.05) is 24.3 Å². The molecule has 0 radical (unpaired) electrons. The largest absolute Gasteiger partial charge is 0.481 e. The quantitative estimate of drug-likeness (QED) is 0.726. The smallest absolute Gasteiger partial charge is 0.317 e. The molecule has 1 saturated heterocycles. The molecular weight excluding hydrogens is 358 g/mol. The van der Waals surface area contributed by atoms with Gasteiger partial charge in [-0.25, -0.2) is 4.79 Å². The van der Waals surface area contributed by atoms with E-state index in [1.165, 1.54) is 0 Å². The second kappa shape index (κ2) is 7.45. The Bertz CT molecular complexity index is 792. The normalized spacial score (nSPS) is 26.4. The van der Waals surface area contributed by atoms with Crippen LogP contribution in [0.1, 0.15) is 44.1 Å². The Balaban J connectivity index is 1.32. The van der Waals surface area contributed by atoms with Gasteiger partial charge in [0.1, 0.15) is 0 Å². The number of rotatable bonds is 5. The number of urea groups is 1. The van der Waals surface area contributed by atoms with Gasteiger partial charge in [0.25, 0.3) is 0 Å². The number of fused-ring (bicyclic) bond motifs is 1. The summed E-state index contributed by atoms with van der Waals surface area (Å²) in [5.74, 6) is -0.532. The molecule has 2 aliphatic carbocycles. The molecule has 28 heavy (non-hydrogen) atoms. The zero-order valence-electron chi connectivity index (χ0n) is 15.9. The summed E-state index contributed by atoms with van der Waals surface area (Å²) in [4.78, 5) is 38.1. The molecule has 1 aromatic carbocycles. The first kappa shape index (κ1) is 18.8. The molecule has 3 aliphatic rings. The molecule has 150 valence electrons. The molecule has 1 aromatic rings. The zero-order chi connectivity index (χ0) is 19.7. The average molecular weight is 385 g/mol. The summed E-state index contributed by atoms with van der Waals surface area (Å²) in [6, 6.07) is 7.25. The van der Waals surface area contributed by atoms with Crippen molar-refractivity contribution >= 4 is 23.6 Å². The fraction of sp³-hybridized carbons (Fsp3) is 0.571. The first-order valence-corrected chi connectivity index (χ1v) is 10.1. The van der Waals surface area contributed by atoms with E-state index in [-0.39, 0.29) is 30.3 Å². The maximum absolute atomic E-state index is 12.6. The highest BCUT2D eigenvalue weighted by Gasteiger charge is 2.55. The Morgan fingerprint density at radius 1 is 1.18 bits per heavy atom. The van der Waals surface area contributed by atoms with Crippen LogP contribution in [-0.4, -0.2) is 41.0 Å². The van der Waals surface area contributed by atoms with E-state index in [0.29, 0.717) is 19.5 Å². The van der Waals surface area contributed by atoms with E-state index in [9.17, 15) is 19.5 Å². The lowest BCUT2D eigenvalue weighted by molar-refractivity contribution is -0.149. The number of anilines is 1. The first-order chi connectivity index (χ1) is 13.5. The SMILES string of the molecule is O=C(Nc1cccc(CNC(=O)N2C[C@@H]3CCC[C@@]3(C(=O)O)C2)c1)C1CCC1. The van der Waals surface area contributed by atoms with Crippen molar-refractivity contribution in [2.24, 2.45) is 17.3 Å². The third-order valence-electron chi connectivity index (χ3n) is 6.70. The summed E-state index contributed by atoms with van der Waals surface area (Å²) in [6.07, 6.45) is 5.47. The highest BCUT2D eigenvalue weighted by atomic mass is 16.4. The minimum atomic E-state index is -0.778. The van der Waals surface area contributed by atoms with Gasteiger partial charge in [0.2, 0.25) is 5.91 Å². The average Bonchev–Trinajstić information content (AvgIpc) is 3.17. The van der Waals surface area contributed by atoms with E-state index in [2.05, 4.69) is 10.6 Å². The molecule has 7 heteroatoms. The van der Waals surface area contributed by atoms with Crippen molar-refractivity contribution in [2.75, 3.05) is 18.4 Å². The van der Waals surface area contributed by atoms with Crippen LogP contribution in [0.5, 0.6) is 0 Å². The fourth-order valence-corrected chi connectivity index (χ4v) is 4.76. The molecule has 1 heterocycles. The van der Waals surface area contributed by atoms with Gasteiger partial charge in [-0.3, -0.25) is 9.59 Å². The lowest BCUT2D eigenvalue weighted by Gasteiger charge is -2.24. The summed E-state index contributed by atoms with van der Waals surface area (Å²) < 4.78 is 0. The molecule has 0 unspecified atom stereocenters. The van der Waals surface area contributed by atoms with Crippen LogP contribution in [0.25, 0.3) is 0 Å². The van der Waals surface area contributed by atoms with Gasteiger partial charge in [-0.1, -0.05) is 25.0 Å². The van der Waals surface area contributed by atoms with Crippen molar-refractivity contribution in [2.45, 2.75) is 45.1 Å². The Morgan fingerprint density at radius 3 is 2.68 bits per heavy atom. The number of nitrogens with zero attached hydrogens (tertiary/aromatic N) is 1. The molecule has 0 aromatic heterocycles. The Morgan fingerprint density at radius 2 is 2.00 bits per heavy atom. The standard InChI is InChI=1S/C21H27N3O4/c25-18(15-5-2-6-15)23-17-8-1-4-14(10-17)11-22-20(28)24-12-16-7-3-9-21(16,13-24)19(26)27/h1,4,8,10,15-16H,2-3,5-7,9,11-13H2,(H,22,28)(H,23,25)(H,26,27)/t16-,21+/m0/s1. The molecule has 3 fully saturated rings. The fourth-order valence-electron chi connectivity index (χ4n) is 4.76. The first-order valence-electron chi connectivity index (χ1n) is 10.1. The van der Waals surface area contributed by atoms with E-state index >= 15 is 0 Å². The topological polar surface area (TPSA) is 98.7 Å². The molecule has 0 spiro atoms. The van der Waals surface area contributed by atoms with Crippen LogP contribution in [-0.2, 0) is 16.1 Å². The van der Waals surface area contributed by atoms with E-state index in [1.54, 1.807) is 4.90 Å². The van der Waals surface area contributed by atoms with Gasteiger partial charge in [0.05, 0.1) is 5.41 Å². The molecule has 2 saturated carbocycles. The van der Waals surface area contributed by atoms with Crippen LogP contribution in [0.3, 0.4) is 0 Å². The summed E-state index contributed by atoms with van der Waals surface area (Å²) in [7, 11) is 0. The minimum absolute atomic E-state index is 0.0563. The van der Waals surface area contributed by atoms with Crippen LogP contribution in [0.2, 0.25) is 0 Å². The summed E-state index contributed by atoms with van der Waals surface area (Å²) >= 11 is 0. The Hall–Kier alpha value is -2.57. The van der Waals surface area contributed by atoms with Crippen molar-refractivity contribution in [3.63, 3.8) is 0 Å². The van der Waals surface area contributed by atoms with Crippen molar-refractivity contribution in [1.82, 2.24) is 10.2 Å². The monoisotopic (exact) mass is 385 g/mol. The van der Waals surface area contributed by atoms with Gasteiger partial charge in [-0.05, 0) is 49.3 Å². The third-order valence-corrected chi connectivity index (χ3v) is 6.70. The number of benzene rings is 1. The van der Waals surface area contributed by atoms with Crippen LogP contribution >= 0.6 is 0 Å². The highest BCUT2D eigenvalue weighted by molar-refractivity contribution is 5.93. The molecule has 1 aliphatic heterocycles. The van der Waals surface area contributed by atoms with Gasteiger partial charge < -0.3 is 20.6 Å². The predicted octanol–water partition coefficient (Wildman–Crippen LogP) is 2.82. The summed E-state index contributed by atoms with van der Waals surface area (Å²) in [5, 5.41) is 15.5. The zero-order valence-corrected chi connectivity index (χ0v) is 15.9. The van der Waals surface area contributed by atoms with Gasteiger partial charge >= 0.3 is 12.0 Å². The van der Waals surface area contributed by atoms with Crippen LogP contribution < -0.4 is 10.6 Å². The maximum Gasteiger partial charge on any atom is 0.317 e. The van der Waals surface area contributed by atoms with Crippen LogP contribution in [0, 0.1) is 17.3 Å². The van der Waals surface area contributed by atoms with Crippen LogP contribution in [0.4, 0.5) is 10.5 Å². The second-order valence-corrected chi connectivity index (χ2v) is 8.41. The van der Waals surface area contributed by atoms with Crippen molar-refractivity contribution < 1.29 is 19.5 Å². The third kappa shape index (κ3) is 3.45. The lowest BCUT2D eigenvalue weighted by atomic mass is 9.81. The number of hydrogen-bond donors (Lipinski definition) is 3. The van der Waals surface area contributed by atoms with E-state index < -0.39 is 11.4 Å². The van der Waals surface area contributed by atoms with E-state index in [0.717, 1.165) is 43.4 Å². The summed E-state index contributed by atoms with van der Waals surface area (Å²) in [5.41, 5.74) is 0.875. The van der Waals surface area contributed by atoms with Crippen molar-refractivity contribution in [1.29, 1.82) is 0 Å². The van der Waals surface area contributed by atoms with Crippen molar-refractivity contribution in [3.8, 4) is 0 Å². The number of carbonyl (C=O) groups excluding carboxylic acids is 2. The number of likely N-dealkylation sites (tertiary alicyclic amines) is 1. The van der Waals surface area contributed by atoms with Crippen molar-refractivity contribution in [3.05, 3.63) is 29.8 Å². The molecule has 3 amide bonds. The Labute approximate surface area is 164 Å². The predicted molar refractivity (Wildman–Crippen MR) is 104 cm³/mol. The van der Waals surface area contributed by atoms with E-state index in [4.69, 9.17) is 0 Å². The number of amides is 3. The number of carboxylic acid groups (broad SMARTS) is 1. The number of carbonyl (C=O) groups is 3. The Kier molecular flexibility index (Phi) is 5.00. The molecular formula is C21H27N3O4. The molecule has 7 nitrogen and oxygen atoms in total. The molecule has 0 bridgehead atoms. The minimum Gasteiger partial charge on any atom is -0.481 e. The summed E-state index contributed by atoms with van der Waals surface area (Å²) in [6.45, 7) is 1.14. The van der Waals surface area contributed by atoms with Gasteiger partial charge in [0, 0.05) is 31.2 Å². The molecule has 3 N–H and O–H groups in total. The second-order valence-electron chi connectivity index (χ2n) is 8.41. The number of carboxylic acids is 1. The van der Waals surface area contributed by atoms with Crippen LogP contribution in [0.15, 0.2) is 24.3 Å². The van der Waals surface area contributed by atoms with Gasteiger partial charge in [0.15, 0.2) is 0 Å². The van der Waals surface area contributed by atoms with Gasteiger partial charge in [-0.15, -0.1) is 0 Å². The number of hydrogen-bond acceptors (Lipinski definition) is 3. The lowest BCUT2D eigenvalue weighted by Crippen LogP contribution is -2.41. The highest BCUT2D eigenvalue weighted by Crippen LogP contribution is 2.48. The molecule has 2 atom stereocenters. The van der Waals surface area contributed by atoms with Gasteiger partial charge in [-0.2, -0.15) is 0 Å². The number of aliphatic carboxylic acids is 1. The maximum atomic E-state index is 12.6. The number of nitrogens with one attached hydrogen (secondary N) is 2.